The van der Waals surface area contributed by atoms with Crippen LogP contribution in [0.15, 0.2) is 45.8 Å². The van der Waals surface area contributed by atoms with Gasteiger partial charge in [-0.15, -0.1) is 11.8 Å². The molecule has 0 fully saturated rings. The third-order valence-electron chi connectivity index (χ3n) is 3.81. The normalized spacial score (nSPS) is 17.6. The minimum Gasteiger partial charge on any atom is -0.207 e. The lowest BCUT2D eigenvalue weighted by Crippen LogP contribution is -2.10. The van der Waals surface area contributed by atoms with Gasteiger partial charge in [0, 0.05) is 21.0 Å². The van der Waals surface area contributed by atoms with Crippen molar-refractivity contribution in [1.82, 2.24) is 0 Å². The van der Waals surface area contributed by atoms with Crippen molar-refractivity contribution in [2.75, 3.05) is 0 Å². The molecular weight excluding hydrogens is 335 g/mol. The largest absolute Gasteiger partial charge is 0.207 e. The third kappa shape index (κ3) is 2.42. The molecule has 0 radical (unpaired) electrons. The summed E-state index contributed by atoms with van der Waals surface area (Å²) in [5.41, 5.74) is 3.74. The SMILES string of the molecule is CC(C)C1c2ccc(F)cc2CSc2c(Br)cccc21. The Labute approximate surface area is 131 Å². The molecule has 0 aliphatic carbocycles. The third-order valence-corrected chi connectivity index (χ3v) is 5.93. The van der Waals surface area contributed by atoms with Gasteiger partial charge in [-0.05, 0) is 56.7 Å². The average Bonchev–Trinajstić information content (AvgIpc) is 2.56. The van der Waals surface area contributed by atoms with Crippen LogP contribution in [0.2, 0.25) is 0 Å². The topological polar surface area (TPSA) is 0 Å². The molecular formula is C17H16BrFS. The zero-order valence-electron chi connectivity index (χ0n) is 11.5. The number of fused-ring (bicyclic) bond motifs is 2. The molecule has 1 aliphatic rings. The molecule has 0 spiro atoms. The van der Waals surface area contributed by atoms with E-state index in [0.29, 0.717) is 11.8 Å². The van der Waals surface area contributed by atoms with Crippen LogP contribution in [-0.2, 0) is 5.75 Å². The maximum Gasteiger partial charge on any atom is 0.123 e. The molecule has 0 bridgehead atoms. The zero-order chi connectivity index (χ0) is 14.3. The molecule has 104 valence electrons. The lowest BCUT2D eigenvalue weighted by atomic mass is 9.81. The van der Waals surface area contributed by atoms with E-state index in [2.05, 4.69) is 48.0 Å². The van der Waals surface area contributed by atoms with Crippen molar-refractivity contribution < 1.29 is 4.39 Å². The van der Waals surface area contributed by atoms with E-state index >= 15 is 0 Å². The highest BCUT2D eigenvalue weighted by atomic mass is 79.9. The number of thioether (sulfide) groups is 1. The molecule has 0 aromatic heterocycles. The van der Waals surface area contributed by atoms with Crippen LogP contribution in [0.5, 0.6) is 0 Å². The second kappa shape index (κ2) is 5.53. The summed E-state index contributed by atoms with van der Waals surface area (Å²) in [7, 11) is 0. The molecule has 20 heavy (non-hydrogen) atoms. The molecule has 1 aliphatic heterocycles. The molecule has 0 nitrogen and oxygen atoms in total. The van der Waals surface area contributed by atoms with Gasteiger partial charge in [0.25, 0.3) is 0 Å². The Kier molecular flexibility index (Phi) is 3.91. The predicted octanol–water partition coefficient (Wildman–Crippen LogP) is 5.98. The van der Waals surface area contributed by atoms with E-state index in [1.807, 2.05) is 6.07 Å². The summed E-state index contributed by atoms with van der Waals surface area (Å²) in [4.78, 5) is 1.29. The minimum atomic E-state index is -0.142. The molecule has 0 N–H and O–H groups in total. The quantitative estimate of drug-likeness (QED) is 0.609. The fraction of sp³-hybridized carbons (Fsp3) is 0.294. The number of rotatable bonds is 1. The van der Waals surface area contributed by atoms with E-state index in [4.69, 9.17) is 0 Å². The van der Waals surface area contributed by atoms with Crippen molar-refractivity contribution in [2.45, 2.75) is 30.4 Å². The summed E-state index contributed by atoms with van der Waals surface area (Å²) < 4.78 is 14.7. The van der Waals surface area contributed by atoms with Gasteiger partial charge in [-0.25, -0.2) is 4.39 Å². The second-order valence-electron chi connectivity index (χ2n) is 5.51. The summed E-state index contributed by atoms with van der Waals surface area (Å²) in [6.45, 7) is 4.47. The first-order chi connectivity index (χ1) is 9.58. The average molecular weight is 351 g/mol. The van der Waals surface area contributed by atoms with E-state index in [-0.39, 0.29) is 5.82 Å². The Hall–Kier alpha value is -0.800. The van der Waals surface area contributed by atoms with E-state index < -0.39 is 0 Å². The maximum atomic E-state index is 13.5. The first-order valence-corrected chi connectivity index (χ1v) is 8.55. The van der Waals surface area contributed by atoms with E-state index in [0.717, 1.165) is 15.8 Å². The molecule has 1 heterocycles. The van der Waals surface area contributed by atoms with Gasteiger partial charge >= 0.3 is 0 Å². The van der Waals surface area contributed by atoms with Gasteiger partial charge in [-0.1, -0.05) is 32.0 Å². The Morgan fingerprint density at radius 3 is 2.75 bits per heavy atom. The van der Waals surface area contributed by atoms with Gasteiger partial charge in [0.05, 0.1) is 0 Å². The Morgan fingerprint density at radius 2 is 2.00 bits per heavy atom. The second-order valence-corrected chi connectivity index (χ2v) is 7.35. The van der Waals surface area contributed by atoms with E-state index in [1.165, 1.54) is 16.0 Å². The van der Waals surface area contributed by atoms with Gasteiger partial charge in [-0.2, -0.15) is 0 Å². The van der Waals surface area contributed by atoms with Crippen molar-refractivity contribution >= 4 is 27.7 Å². The Balaban J connectivity index is 2.24. The molecule has 3 heteroatoms. The molecule has 1 atom stereocenters. The first-order valence-electron chi connectivity index (χ1n) is 6.77. The van der Waals surface area contributed by atoms with Crippen molar-refractivity contribution in [1.29, 1.82) is 0 Å². The molecule has 1 unspecified atom stereocenters. The highest BCUT2D eigenvalue weighted by Gasteiger charge is 2.27. The standard InChI is InChI=1S/C17H16BrFS/c1-10(2)16-13-7-6-12(19)8-11(13)9-20-17-14(16)4-3-5-15(17)18/h3-8,10,16H,9H2,1-2H3. The van der Waals surface area contributed by atoms with Gasteiger partial charge in [-0.3, -0.25) is 0 Å². The number of hydrogen-bond acceptors (Lipinski definition) is 1. The van der Waals surface area contributed by atoms with E-state index in [9.17, 15) is 4.39 Å². The van der Waals surface area contributed by atoms with Gasteiger partial charge in [0.1, 0.15) is 5.82 Å². The van der Waals surface area contributed by atoms with Crippen LogP contribution < -0.4 is 0 Å². The molecule has 0 saturated heterocycles. The van der Waals surface area contributed by atoms with Gasteiger partial charge in [0.15, 0.2) is 0 Å². The summed E-state index contributed by atoms with van der Waals surface area (Å²) in [6, 6.07) is 11.6. The molecule has 0 saturated carbocycles. The van der Waals surface area contributed by atoms with Crippen LogP contribution >= 0.6 is 27.7 Å². The number of benzene rings is 2. The van der Waals surface area contributed by atoms with Crippen LogP contribution in [-0.4, -0.2) is 0 Å². The fourth-order valence-electron chi connectivity index (χ4n) is 2.96. The summed E-state index contributed by atoms with van der Waals surface area (Å²) in [5.74, 6) is 1.49. The summed E-state index contributed by atoms with van der Waals surface area (Å²) in [5, 5.41) is 0. The van der Waals surface area contributed by atoms with Crippen molar-refractivity contribution in [3.05, 3.63) is 63.4 Å². The van der Waals surface area contributed by atoms with Crippen LogP contribution in [0.1, 0.15) is 36.5 Å². The number of halogens is 2. The molecule has 2 aromatic carbocycles. The van der Waals surface area contributed by atoms with Crippen LogP contribution in [0.3, 0.4) is 0 Å². The van der Waals surface area contributed by atoms with Crippen molar-refractivity contribution in [2.24, 2.45) is 5.92 Å². The molecule has 3 rings (SSSR count). The first kappa shape index (κ1) is 14.2. The highest BCUT2D eigenvalue weighted by molar-refractivity contribution is 9.10. The van der Waals surface area contributed by atoms with E-state index in [1.54, 1.807) is 23.9 Å². The fourth-order valence-corrected chi connectivity index (χ4v) is 4.80. The van der Waals surface area contributed by atoms with Gasteiger partial charge in [0.2, 0.25) is 0 Å². The van der Waals surface area contributed by atoms with Crippen molar-refractivity contribution in [3.63, 3.8) is 0 Å². The lowest BCUT2D eigenvalue weighted by molar-refractivity contribution is 0.553. The Morgan fingerprint density at radius 1 is 1.20 bits per heavy atom. The highest BCUT2D eigenvalue weighted by Crippen LogP contribution is 2.46. The zero-order valence-corrected chi connectivity index (χ0v) is 13.9. The monoisotopic (exact) mass is 350 g/mol. The predicted molar refractivity (Wildman–Crippen MR) is 86.8 cm³/mol. The molecule has 0 amide bonds. The summed E-state index contributed by atoms with van der Waals surface area (Å²) >= 11 is 5.45. The van der Waals surface area contributed by atoms with Crippen LogP contribution in [0, 0.1) is 11.7 Å². The number of hydrogen-bond donors (Lipinski definition) is 0. The van der Waals surface area contributed by atoms with Gasteiger partial charge < -0.3 is 0 Å². The lowest BCUT2D eigenvalue weighted by Gasteiger charge is -2.24. The maximum absolute atomic E-state index is 13.5. The van der Waals surface area contributed by atoms with Crippen molar-refractivity contribution in [3.8, 4) is 0 Å². The smallest absolute Gasteiger partial charge is 0.123 e. The minimum absolute atomic E-state index is 0.142. The van der Waals surface area contributed by atoms with Crippen LogP contribution in [0.4, 0.5) is 4.39 Å². The van der Waals surface area contributed by atoms with Crippen LogP contribution in [0.25, 0.3) is 0 Å². The molecule has 2 aromatic rings. The Bertz CT molecular complexity index is 651. The summed E-state index contributed by atoms with van der Waals surface area (Å²) in [6.07, 6.45) is 0.